The zero-order chi connectivity index (χ0) is 29.4. The number of hydrogen-bond donors (Lipinski definition) is 1. The molecule has 1 N–H and O–H groups in total. The lowest BCUT2D eigenvalue weighted by atomic mass is 10.0. The Balaban J connectivity index is 1.02. The van der Waals surface area contributed by atoms with E-state index >= 15 is 0 Å². The van der Waals surface area contributed by atoms with Gasteiger partial charge >= 0.3 is 6.03 Å². The average Bonchev–Trinajstić information content (AvgIpc) is 3.43. The van der Waals surface area contributed by atoms with Crippen LogP contribution in [-0.4, -0.2) is 101 Å². The van der Waals surface area contributed by atoms with Crippen molar-refractivity contribution in [3.63, 3.8) is 0 Å². The van der Waals surface area contributed by atoms with Crippen LogP contribution >= 0.6 is 11.9 Å². The molecule has 0 saturated carbocycles. The summed E-state index contributed by atoms with van der Waals surface area (Å²) in [6, 6.07) is 12.5. The number of ether oxygens (including phenoxy) is 5. The summed E-state index contributed by atoms with van der Waals surface area (Å²) in [5.41, 5.74) is 5.09. The minimum absolute atomic E-state index is 0.179. The predicted molar refractivity (Wildman–Crippen MR) is 163 cm³/mol. The first-order valence-corrected chi connectivity index (χ1v) is 15.4. The lowest BCUT2D eigenvalue weighted by Gasteiger charge is -2.25. The van der Waals surface area contributed by atoms with Gasteiger partial charge in [0.2, 0.25) is 0 Å². The molecule has 0 unspecified atom stereocenters. The number of halogens is 1. The van der Waals surface area contributed by atoms with Crippen molar-refractivity contribution in [3.05, 3.63) is 71.0 Å². The van der Waals surface area contributed by atoms with E-state index in [1.54, 1.807) is 30.0 Å². The van der Waals surface area contributed by atoms with Crippen molar-refractivity contribution in [2.45, 2.75) is 19.5 Å². The third-order valence-corrected chi connectivity index (χ3v) is 7.95. The van der Waals surface area contributed by atoms with Gasteiger partial charge in [0.15, 0.2) is 0 Å². The lowest BCUT2D eigenvalue weighted by molar-refractivity contribution is -0.00662. The first-order chi connectivity index (χ1) is 20.6. The van der Waals surface area contributed by atoms with Crippen LogP contribution in [0.5, 0.6) is 0 Å². The highest BCUT2D eigenvalue weighted by atomic mass is 32.2. The highest BCUT2D eigenvalue weighted by molar-refractivity contribution is 7.97. The second kappa shape index (κ2) is 18.2. The van der Waals surface area contributed by atoms with Crippen LogP contribution in [0.2, 0.25) is 0 Å². The summed E-state index contributed by atoms with van der Waals surface area (Å²) in [5.74, 6) is 0.632. The van der Waals surface area contributed by atoms with Crippen LogP contribution in [0, 0.1) is 5.82 Å². The number of methoxy groups -OCH3 is 1. The normalized spacial score (nSPS) is 15.1. The first kappa shape index (κ1) is 32.4. The third-order valence-electron chi connectivity index (χ3n) is 6.91. The summed E-state index contributed by atoms with van der Waals surface area (Å²) in [6.45, 7) is 7.99. The van der Waals surface area contributed by atoms with E-state index < -0.39 is 0 Å². The number of carbonyl (C=O) groups excluding carboxylic acids is 1. The van der Waals surface area contributed by atoms with Crippen LogP contribution in [0.3, 0.4) is 0 Å². The molecule has 0 bridgehead atoms. The van der Waals surface area contributed by atoms with Crippen molar-refractivity contribution < 1.29 is 32.9 Å². The summed E-state index contributed by atoms with van der Waals surface area (Å²) in [4.78, 5) is 14.4. The van der Waals surface area contributed by atoms with Gasteiger partial charge in [-0.3, -0.25) is 0 Å². The summed E-state index contributed by atoms with van der Waals surface area (Å²) in [6.07, 6.45) is 3.24. The van der Waals surface area contributed by atoms with Gasteiger partial charge < -0.3 is 33.9 Å². The Morgan fingerprint density at radius 2 is 1.50 bits per heavy atom. The second-order valence-corrected chi connectivity index (χ2v) is 11.1. The quantitative estimate of drug-likeness (QED) is 0.192. The van der Waals surface area contributed by atoms with Gasteiger partial charge in [-0.1, -0.05) is 36.2 Å². The number of amides is 2. The number of urea groups is 1. The summed E-state index contributed by atoms with van der Waals surface area (Å²) >= 11 is 1.81. The zero-order valence-corrected chi connectivity index (χ0v) is 25.2. The summed E-state index contributed by atoms with van der Waals surface area (Å²) in [7, 11) is 1.65. The van der Waals surface area contributed by atoms with Gasteiger partial charge in [-0.2, -0.15) is 0 Å². The van der Waals surface area contributed by atoms with Crippen LogP contribution in [0.15, 0.2) is 48.5 Å². The minimum Gasteiger partial charge on any atom is -0.382 e. The molecule has 11 heteroatoms. The van der Waals surface area contributed by atoms with E-state index in [4.69, 9.17) is 23.7 Å². The fourth-order valence-electron chi connectivity index (χ4n) is 4.64. The maximum absolute atomic E-state index is 13.5. The van der Waals surface area contributed by atoms with Gasteiger partial charge in [0.1, 0.15) is 5.82 Å². The van der Waals surface area contributed by atoms with E-state index in [0.717, 1.165) is 42.1 Å². The van der Waals surface area contributed by atoms with Crippen LogP contribution in [0.25, 0.3) is 5.57 Å². The van der Waals surface area contributed by atoms with Crippen LogP contribution in [-0.2, 0) is 36.8 Å². The number of carbonyl (C=O) groups is 1. The third kappa shape index (κ3) is 11.0. The fraction of sp³-hybridized carbons (Fsp3) is 0.516. The maximum atomic E-state index is 13.5. The van der Waals surface area contributed by atoms with Crippen molar-refractivity contribution in [3.8, 4) is 0 Å². The van der Waals surface area contributed by atoms with E-state index in [1.807, 2.05) is 12.1 Å². The van der Waals surface area contributed by atoms with E-state index in [0.29, 0.717) is 72.6 Å². The van der Waals surface area contributed by atoms with Crippen molar-refractivity contribution in [2.75, 3.05) is 90.7 Å². The van der Waals surface area contributed by atoms with Crippen molar-refractivity contribution >= 4 is 29.2 Å². The molecule has 9 nitrogen and oxygen atoms in total. The topological polar surface area (TPSA) is 81.7 Å². The Morgan fingerprint density at radius 3 is 2.14 bits per heavy atom. The van der Waals surface area contributed by atoms with E-state index in [9.17, 15) is 9.18 Å². The predicted octanol–water partition coefficient (Wildman–Crippen LogP) is 4.82. The highest BCUT2D eigenvalue weighted by Gasteiger charge is 2.23. The van der Waals surface area contributed by atoms with Gasteiger partial charge in [0, 0.05) is 44.7 Å². The van der Waals surface area contributed by atoms with E-state index in [2.05, 4.69) is 27.8 Å². The molecule has 42 heavy (non-hydrogen) atoms. The smallest absolute Gasteiger partial charge is 0.322 e. The Kier molecular flexibility index (Phi) is 14.1. The molecule has 0 fully saturated rings. The molecule has 2 aromatic rings. The first-order valence-electron chi connectivity index (χ1n) is 14.4. The van der Waals surface area contributed by atoms with Crippen molar-refractivity contribution in [2.24, 2.45) is 0 Å². The molecule has 2 amide bonds. The lowest BCUT2D eigenvalue weighted by Crippen LogP contribution is -2.30. The average molecular weight is 604 g/mol. The van der Waals surface area contributed by atoms with Crippen molar-refractivity contribution in [1.29, 1.82) is 0 Å². The van der Waals surface area contributed by atoms with E-state index in [-0.39, 0.29) is 11.8 Å². The second-order valence-electron chi connectivity index (χ2n) is 9.92. The zero-order valence-electron chi connectivity index (χ0n) is 24.4. The molecule has 2 aliphatic rings. The molecular formula is C31H42FN3O6S. The fourth-order valence-corrected chi connectivity index (χ4v) is 5.49. The summed E-state index contributed by atoms with van der Waals surface area (Å²) in [5, 5.41) is 2.96. The van der Waals surface area contributed by atoms with Crippen LogP contribution in [0.1, 0.15) is 23.1 Å². The number of nitrogens with zero attached hydrogens (tertiary/aromatic N) is 2. The Labute approximate surface area is 252 Å². The Hall–Kier alpha value is -2.51. The van der Waals surface area contributed by atoms with Gasteiger partial charge in [0.05, 0.1) is 59.5 Å². The van der Waals surface area contributed by atoms with Gasteiger partial charge in [-0.25, -0.2) is 13.5 Å². The number of nitrogens with one attached hydrogen (secondary N) is 1. The largest absolute Gasteiger partial charge is 0.382 e. The standard InChI is InChI=1S/C31H42FN3O6S/c1-37-12-13-38-14-15-39-16-17-40-18-19-41-20-21-42-35-10-8-26(9-11-35)25-3-6-30(7-4-25)33-31(36)34-23-27-2-5-29(32)22-28(27)24-34/h2-8,22H,9-21,23-24H2,1H3,(H,33,36). The molecule has 0 atom stereocenters. The SMILES string of the molecule is COCCOCCOCCOCCOCCSN1CC=C(c2ccc(NC(=O)N3Cc4ccc(F)cc4C3)cc2)CC1. The molecule has 2 aromatic carbocycles. The van der Waals surface area contributed by atoms with Crippen LogP contribution in [0.4, 0.5) is 14.9 Å². The van der Waals surface area contributed by atoms with Gasteiger partial charge in [-0.05, 0) is 52.9 Å². The highest BCUT2D eigenvalue weighted by Crippen LogP contribution is 2.27. The molecule has 0 radical (unpaired) electrons. The molecule has 0 aromatic heterocycles. The van der Waals surface area contributed by atoms with Gasteiger partial charge in [0.25, 0.3) is 0 Å². The Bertz CT molecular complexity index is 1140. The monoisotopic (exact) mass is 603 g/mol. The number of anilines is 1. The number of fused-ring (bicyclic) bond motifs is 1. The molecule has 0 saturated heterocycles. The van der Waals surface area contributed by atoms with Crippen molar-refractivity contribution in [1.82, 2.24) is 9.21 Å². The number of benzene rings is 2. The molecule has 4 rings (SSSR count). The molecule has 230 valence electrons. The molecule has 0 spiro atoms. The van der Waals surface area contributed by atoms with Gasteiger partial charge in [-0.15, -0.1) is 0 Å². The minimum atomic E-state index is -0.272. The summed E-state index contributed by atoms with van der Waals surface area (Å²) < 4.78 is 42.7. The number of hydrogen-bond acceptors (Lipinski definition) is 8. The Morgan fingerprint density at radius 1 is 0.857 bits per heavy atom. The number of rotatable bonds is 18. The molecular weight excluding hydrogens is 561 g/mol. The molecule has 2 heterocycles. The maximum Gasteiger partial charge on any atom is 0.322 e. The molecule has 2 aliphatic heterocycles. The van der Waals surface area contributed by atoms with Crippen LogP contribution < -0.4 is 5.32 Å². The van der Waals surface area contributed by atoms with E-state index in [1.165, 1.54) is 23.3 Å². The molecule has 0 aliphatic carbocycles.